The molecule has 1 aliphatic rings. The maximum atomic E-state index is 12.8. The van der Waals surface area contributed by atoms with Gasteiger partial charge in [-0.3, -0.25) is 4.79 Å². The van der Waals surface area contributed by atoms with Gasteiger partial charge in [0.1, 0.15) is 17.3 Å². The fraction of sp³-hybridized carbons (Fsp3) is 0.368. The van der Waals surface area contributed by atoms with Gasteiger partial charge in [0.15, 0.2) is 5.58 Å². The maximum Gasteiger partial charge on any atom is 0.229 e. The zero-order valence-corrected chi connectivity index (χ0v) is 15.2. The normalized spacial score (nSPS) is 13.7. The van der Waals surface area contributed by atoms with E-state index in [1.165, 1.54) is 0 Å². The lowest BCUT2D eigenvalue weighted by atomic mass is 10.0. The number of para-hydroxylation sites is 1. The topological polar surface area (TPSA) is 75.4 Å². The number of benzene rings is 1. The van der Waals surface area contributed by atoms with Crippen LogP contribution in [0.4, 0.5) is 5.82 Å². The molecular formula is C19H21N5O2. The summed E-state index contributed by atoms with van der Waals surface area (Å²) in [5.74, 6) is 1.71. The second-order valence-electron chi connectivity index (χ2n) is 6.78. The minimum absolute atomic E-state index is 0.0392. The van der Waals surface area contributed by atoms with Gasteiger partial charge in [-0.15, -0.1) is 0 Å². The molecule has 26 heavy (non-hydrogen) atoms. The highest BCUT2D eigenvalue weighted by atomic mass is 16.5. The van der Waals surface area contributed by atoms with E-state index in [1.807, 2.05) is 55.1 Å². The first kappa shape index (κ1) is 16.5. The van der Waals surface area contributed by atoms with Gasteiger partial charge in [-0.05, 0) is 25.5 Å². The monoisotopic (exact) mass is 351 g/mol. The summed E-state index contributed by atoms with van der Waals surface area (Å²) in [6, 6.07) is 7.61. The number of hydrogen-bond donors (Lipinski definition) is 0. The molecule has 1 amide bonds. The van der Waals surface area contributed by atoms with Crippen molar-refractivity contribution in [1.82, 2.24) is 20.0 Å². The zero-order valence-electron chi connectivity index (χ0n) is 15.2. The van der Waals surface area contributed by atoms with Gasteiger partial charge < -0.3 is 14.3 Å². The molecule has 7 heteroatoms. The standard InChI is InChI=1S/C19H21N5O2/c1-12-20-16-11-24(9-8-14(16)19(21-12)23(2)3)18(25)10-15-13-6-4-5-7-17(13)26-22-15/h4-7H,8-11H2,1-3H3. The van der Waals surface area contributed by atoms with Crippen LogP contribution in [-0.4, -0.2) is 46.6 Å². The van der Waals surface area contributed by atoms with Crippen molar-refractivity contribution in [3.05, 3.63) is 47.0 Å². The first-order valence-electron chi connectivity index (χ1n) is 8.67. The van der Waals surface area contributed by atoms with Crippen molar-refractivity contribution in [2.45, 2.75) is 26.3 Å². The van der Waals surface area contributed by atoms with E-state index in [0.29, 0.717) is 24.4 Å². The van der Waals surface area contributed by atoms with Crippen molar-refractivity contribution in [2.24, 2.45) is 0 Å². The number of carbonyl (C=O) groups excluding carboxylic acids is 1. The van der Waals surface area contributed by atoms with Crippen LogP contribution in [0.1, 0.15) is 22.8 Å². The average molecular weight is 351 g/mol. The minimum atomic E-state index is 0.0392. The first-order chi connectivity index (χ1) is 12.5. The summed E-state index contributed by atoms with van der Waals surface area (Å²) in [6.45, 7) is 3.05. The Balaban J connectivity index is 1.56. The smallest absolute Gasteiger partial charge is 0.229 e. The molecule has 0 unspecified atom stereocenters. The largest absolute Gasteiger partial charge is 0.362 e. The molecule has 0 fully saturated rings. The summed E-state index contributed by atoms with van der Waals surface area (Å²) in [5.41, 5.74) is 3.46. The van der Waals surface area contributed by atoms with Crippen LogP contribution in [0.15, 0.2) is 28.8 Å². The molecule has 4 rings (SSSR count). The highest BCUT2D eigenvalue weighted by Crippen LogP contribution is 2.26. The molecule has 1 aliphatic heterocycles. The lowest BCUT2D eigenvalue weighted by molar-refractivity contribution is -0.131. The van der Waals surface area contributed by atoms with Crippen LogP contribution in [0.25, 0.3) is 11.0 Å². The third-order valence-electron chi connectivity index (χ3n) is 4.70. The van der Waals surface area contributed by atoms with Crippen LogP contribution in [0, 0.1) is 6.92 Å². The number of anilines is 1. The third-order valence-corrected chi connectivity index (χ3v) is 4.70. The van der Waals surface area contributed by atoms with Crippen LogP contribution in [-0.2, 0) is 24.2 Å². The molecule has 7 nitrogen and oxygen atoms in total. The Morgan fingerprint density at radius 3 is 2.88 bits per heavy atom. The van der Waals surface area contributed by atoms with Crippen LogP contribution < -0.4 is 4.90 Å². The number of amides is 1. The van der Waals surface area contributed by atoms with Crippen molar-refractivity contribution < 1.29 is 9.32 Å². The Kier molecular flexibility index (Phi) is 4.06. The summed E-state index contributed by atoms with van der Waals surface area (Å²) in [6.07, 6.45) is 0.991. The number of carbonyl (C=O) groups is 1. The summed E-state index contributed by atoms with van der Waals surface area (Å²) < 4.78 is 5.30. The Labute approximate surface area is 151 Å². The van der Waals surface area contributed by atoms with Gasteiger partial charge in [0.2, 0.25) is 5.91 Å². The number of aromatic nitrogens is 3. The third kappa shape index (κ3) is 2.89. The molecule has 0 N–H and O–H groups in total. The van der Waals surface area contributed by atoms with Gasteiger partial charge in [-0.2, -0.15) is 0 Å². The molecule has 0 saturated carbocycles. The van der Waals surface area contributed by atoms with E-state index in [0.717, 1.165) is 34.7 Å². The van der Waals surface area contributed by atoms with Gasteiger partial charge >= 0.3 is 0 Å². The summed E-state index contributed by atoms with van der Waals surface area (Å²) in [7, 11) is 3.96. The highest BCUT2D eigenvalue weighted by molar-refractivity contribution is 5.86. The lowest BCUT2D eigenvalue weighted by Gasteiger charge is -2.30. The molecule has 2 aromatic heterocycles. The fourth-order valence-electron chi connectivity index (χ4n) is 3.43. The Bertz CT molecular complexity index is 979. The summed E-state index contributed by atoms with van der Waals surface area (Å²) in [4.78, 5) is 25.8. The van der Waals surface area contributed by atoms with Crippen LogP contribution in [0.2, 0.25) is 0 Å². The molecule has 0 aliphatic carbocycles. The molecular weight excluding hydrogens is 330 g/mol. The molecule has 0 bridgehead atoms. The average Bonchev–Trinajstić information content (AvgIpc) is 3.03. The molecule has 0 radical (unpaired) electrons. The molecule has 134 valence electrons. The van der Waals surface area contributed by atoms with E-state index >= 15 is 0 Å². The van der Waals surface area contributed by atoms with Crippen LogP contribution in [0.5, 0.6) is 0 Å². The van der Waals surface area contributed by atoms with E-state index in [9.17, 15) is 4.79 Å². The van der Waals surface area contributed by atoms with Crippen LogP contribution >= 0.6 is 0 Å². The van der Waals surface area contributed by atoms with Gasteiger partial charge in [0.05, 0.1) is 18.7 Å². The quantitative estimate of drug-likeness (QED) is 0.719. The summed E-state index contributed by atoms with van der Waals surface area (Å²) in [5, 5.41) is 4.97. The lowest BCUT2D eigenvalue weighted by Crippen LogP contribution is -2.38. The van der Waals surface area contributed by atoms with E-state index in [-0.39, 0.29) is 12.3 Å². The fourth-order valence-corrected chi connectivity index (χ4v) is 3.43. The Morgan fingerprint density at radius 1 is 1.27 bits per heavy atom. The summed E-state index contributed by atoms with van der Waals surface area (Å²) >= 11 is 0. The SMILES string of the molecule is Cc1nc2c(c(N(C)C)n1)CCN(C(=O)Cc1noc3ccccc13)C2. The van der Waals surface area contributed by atoms with Crippen molar-refractivity contribution in [2.75, 3.05) is 25.5 Å². The number of hydrogen-bond acceptors (Lipinski definition) is 6. The van der Waals surface area contributed by atoms with Gasteiger partial charge in [0, 0.05) is 31.6 Å². The minimum Gasteiger partial charge on any atom is -0.362 e. The van der Waals surface area contributed by atoms with Crippen molar-refractivity contribution >= 4 is 22.7 Å². The van der Waals surface area contributed by atoms with Crippen molar-refractivity contribution in [3.63, 3.8) is 0 Å². The van der Waals surface area contributed by atoms with Crippen molar-refractivity contribution in [1.29, 1.82) is 0 Å². The molecule has 3 heterocycles. The van der Waals surface area contributed by atoms with Crippen molar-refractivity contribution in [3.8, 4) is 0 Å². The molecule has 0 saturated heterocycles. The first-order valence-corrected chi connectivity index (χ1v) is 8.67. The number of nitrogens with zero attached hydrogens (tertiary/aromatic N) is 5. The molecule has 1 aromatic carbocycles. The predicted octanol–water partition coefficient (Wildman–Crippen LogP) is 2.12. The number of rotatable bonds is 3. The van der Waals surface area contributed by atoms with Crippen LogP contribution in [0.3, 0.4) is 0 Å². The van der Waals surface area contributed by atoms with E-state index in [1.54, 1.807) is 0 Å². The molecule has 0 atom stereocenters. The van der Waals surface area contributed by atoms with E-state index in [2.05, 4.69) is 15.1 Å². The van der Waals surface area contributed by atoms with E-state index in [4.69, 9.17) is 4.52 Å². The molecule has 0 spiro atoms. The second-order valence-corrected chi connectivity index (χ2v) is 6.78. The Hall–Kier alpha value is -2.96. The number of fused-ring (bicyclic) bond motifs is 2. The maximum absolute atomic E-state index is 12.8. The highest BCUT2D eigenvalue weighted by Gasteiger charge is 2.26. The van der Waals surface area contributed by atoms with E-state index < -0.39 is 0 Å². The predicted molar refractivity (Wildman–Crippen MR) is 97.9 cm³/mol. The zero-order chi connectivity index (χ0) is 18.3. The van der Waals surface area contributed by atoms with Gasteiger partial charge in [0.25, 0.3) is 0 Å². The van der Waals surface area contributed by atoms with Gasteiger partial charge in [-0.25, -0.2) is 9.97 Å². The number of aryl methyl sites for hydroxylation is 1. The molecule has 3 aromatic rings. The Morgan fingerprint density at radius 2 is 2.08 bits per heavy atom. The second kappa shape index (κ2) is 6.40. The van der Waals surface area contributed by atoms with Gasteiger partial charge in [-0.1, -0.05) is 17.3 Å².